The molecule has 0 amide bonds. The van der Waals surface area contributed by atoms with E-state index in [9.17, 15) is 0 Å². The van der Waals surface area contributed by atoms with E-state index in [4.69, 9.17) is 39.9 Å². The minimum absolute atomic E-state index is 0. The molecule has 0 spiro atoms. The van der Waals surface area contributed by atoms with E-state index in [-0.39, 0.29) is 34.7 Å². The van der Waals surface area contributed by atoms with Gasteiger partial charge in [-0.25, -0.2) is 4.98 Å². The number of aromatic hydroxyl groups is 1. The van der Waals surface area contributed by atoms with Crippen LogP contribution in [-0.2, 0) is 0 Å². The molecule has 0 unspecified atom stereocenters. The van der Waals surface area contributed by atoms with Gasteiger partial charge in [-0.2, -0.15) is 0 Å². The maximum atomic E-state index is 8.63. The summed E-state index contributed by atoms with van der Waals surface area (Å²) in [7, 11) is 0. The predicted octanol–water partition coefficient (Wildman–Crippen LogP) is 3.79. The van der Waals surface area contributed by atoms with Gasteiger partial charge in [-0.15, -0.1) is 0 Å². The van der Waals surface area contributed by atoms with Gasteiger partial charge in [-0.3, -0.25) is 0 Å². The van der Waals surface area contributed by atoms with Gasteiger partial charge in [-0.1, -0.05) is 53.0 Å². The summed E-state index contributed by atoms with van der Waals surface area (Å²) < 4.78 is 0. The van der Waals surface area contributed by atoms with Gasteiger partial charge in [0.05, 0.1) is 10.0 Å². The Hall–Kier alpha value is 0.0400. The number of phenolic OH excluding ortho intramolecular Hbond substituents is 1. The van der Waals surface area contributed by atoms with Crippen molar-refractivity contribution in [2.45, 2.75) is 0 Å². The average molecular weight is 301 g/mol. The van der Waals surface area contributed by atoms with Crippen molar-refractivity contribution in [1.29, 1.82) is 0 Å². The summed E-state index contributed by atoms with van der Waals surface area (Å²) in [5, 5.41) is 9.78. The van der Waals surface area contributed by atoms with Gasteiger partial charge in [0, 0.05) is 6.20 Å². The van der Waals surface area contributed by atoms with E-state index in [1.54, 1.807) is 30.3 Å². The van der Waals surface area contributed by atoms with Crippen molar-refractivity contribution in [3.63, 3.8) is 0 Å². The first-order valence-corrected chi connectivity index (χ1v) is 5.43. The number of benzene rings is 1. The van der Waals surface area contributed by atoms with Crippen molar-refractivity contribution >= 4 is 64.4 Å². The van der Waals surface area contributed by atoms with E-state index in [2.05, 4.69) is 4.98 Å². The van der Waals surface area contributed by atoms with Gasteiger partial charge in [0.1, 0.15) is 10.9 Å². The monoisotopic (exact) mass is 299 g/mol. The molecule has 6 heteroatoms. The fraction of sp³-hybridized carbons (Fsp3) is 0. The predicted molar refractivity (Wildman–Crippen MR) is 74.5 cm³/mol. The Morgan fingerprint density at radius 1 is 1.00 bits per heavy atom. The minimum atomic E-state index is 0. The Labute approximate surface area is 137 Å². The molecule has 2 nitrogen and oxygen atoms in total. The van der Waals surface area contributed by atoms with Crippen LogP contribution >= 0.6 is 34.8 Å². The summed E-state index contributed by atoms with van der Waals surface area (Å²) in [5.74, 6) is 0.322. The van der Waals surface area contributed by atoms with Crippen molar-refractivity contribution in [3.8, 4) is 5.75 Å². The Morgan fingerprint density at radius 3 is 1.94 bits per heavy atom. The molecule has 1 aromatic heterocycles. The first-order valence-electron chi connectivity index (χ1n) is 4.30. The molecule has 0 aliphatic carbocycles. The van der Waals surface area contributed by atoms with E-state index in [1.807, 2.05) is 6.07 Å². The van der Waals surface area contributed by atoms with E-state index in [0.29, 0.717) is 15.8 Å². The number of rotatable bonds is 0. The molecule has 0 atom stereocenters. The molecule has 86 valence electrons. The third-order valence-electron chi connectivity index (χ3n) is 1.52. The van der Waals surface area contributed by atoms with Crippen LogP contribution in [0.2, 0.25) is 15.2 Å². The van der Waals surface area contributed by atoms with Gasteiger partial charge < -0.3 is 5.11 Å². The van der Waals surface area contributed by atoms with Crippen LogP contribution in [0.25, 0.3) is 0 Å². The average Bonchev–Trinajstić information content (AvgIpc) is 2.26. The van der Waals surface area contributed by atoms with Crippen LogP contribution in [0.4, 0.5) is 0 Å². The van der Waals surface area contributed by atoms with Gasteiger partial charge in [0.25, 0.3) is 0 Å². The number of aromatic nitrogens is 1. The summed E-state index contributed by atoms with van der Waals surface area (Å²) in [4.78, 5) is 3.68. The molecule has 0 saturated heterocycles. The summed E-state index contributed by atoms with van der Waals surface area (Å²) in [6.07, 6.45) is 1.44. The summed E-state index contributed by atoms with van der Waals surface area (Å²) >= 11 is 16.5. The quantitative estimate of drug-likeness (QED) is 0.593. The Balaban J connectivity index is 0.000000292. The standard InChI is InChI=1S/C6H6O.C5H2Cl3N.Na.H/c7-6-4-2-1-3-5-6;6-3-1-4(7)5(8)9-2-3;;/h1-5,7H;1-2H;;. The number of pyridine rings is 1. The molecule has 17 heavy (non-hydrogen) atoms. The zero-order valence-corrected chi connectivity index (χ0v) is 10.3. The molecule has 1 heterocycles. The molecule has 0 saturated carbocycles. The van der Waals surface area contributed by atoms with E-state index in [0.717, 1.165) is 0 Å². The number of phenols is 1. The summed E-state index contributed by atoms with van der Waals surface area (Å²) in [6.45, 7) is 0. The van der Waals surface area contributed by atoms with Crippen molar-refractivity contribution in [2.24, 2.45) is 0 Å². The third-order valence-corrected chi connectivity index (χ3v) is 2.41. The first kappa shape index (κ1) is 17.0. The van der Waals surface area contributed by atoms with Crippen molar-refractivity contribution in [1.82, 2.24) is 4.98 Å². The fourth-order valence-electron chi connectivity index (χ4n) is 0.826. The van der Waals surface area contributed by atoms with Crippen LogP contribution in [0.15, 0.2) is 42.6 Å². The Kier molecular flexibility index (Phi) is 9.06. The zero-order chi connectivity index (χ0) is 12.0. The Morgan fingerprint density at radius 2 is 1.59 bits per heavy atom. The zero-order valence-electron chi connectivity index (χ0n) is 8.07. The number of nitrogens with zero attached hydrogens (tertiary/aromatic N) is 1. The molecule has 0 aliphatic heterocycles. The Bertz CT molecular complexity index is 454. The van der Waals surface area contributed by atoms with Crippen LogP contribution < -0.4 is 0 Å². The van der Waals surface area contributed by atoms with Crippen LogP contribution in [0.5, 0.6) is 5.75 Å². The first-order chi connectivity index (χ1) is 7.59. The molecule has 1 N–H and O–H groups in total. The van der Waals surface area contributed by atoms with Crippen LogP contribution in [0.3, 0.4) is 0 Å². The molecular formula is C11H9Cl3NNaO. The van der Waals surface area contributed by atoms with Gasteiger partial charge in [-0.05, 0) is 18.2 Å². The normalized spacial score (nSPS) is 8.65. The number of hydrogen-bond acceptors (Lipinski definition) is 2. The second-order valence-corrected chi connectivity index (χ2v) is 3.96. The van der Waals surface area contributed by atoms with E-state index in [1.165, 1.54) is 6.20 Å². The molecular weight excluding hydrogens is 291 g/mol. The van der Waals surface area contributed by atoms with Crippen molar-refractivity contribution < 1.29 is 5.11 Å². The van der Waals surface area contributed by atoms with Gasteiger partial charge in [0.2, 0.25) is 0 Å². The molecule has 0 radical (unpaired) electrons. The van der Waals surface area contributed by atoms with Gasteiger partial charge >= 0.3 is 29.6 Å². The van der Waals surface area contributed by atoms with E-state index < -0.39 is 0 Å². The van der Waals surface area contributed by atoms with Crippen molar-refractivity contribution in [3.05, 3.63) is 57.8 Å². The molecule has 0 aliphatic rings. The van der Waals surface area contributed by atoms with Gasteiger partial charge in [0.15, 0.2) is 0 Å². The fourth-order valence-corrected chi connectivity index (χ4v) is 1.31. The number of para-hydroxylation sites is 1. The summed E-state index contributed by atoms with van der Waals surface area (Å²) in [5.41, 5.74) is 0. The molecule has 0 fully saturated rings. The summed E-state index contributed by atoms with van der Waals surface area (Å²) in [6, 6.07) is 10.3. The van der Waals surface area contributed by atoms with Crippen LogP contribution in [0.1, 0.15) is 0 Å². The SMILES string of the molecule is Clc1cnc(Cl)c(Cl)c1.Oc1ccccc1.[NaH]. The molecule has 2 rings (SSSR count). The van der Waals surface area contributed by atoms with Crippen LogP contribution in [0, 0.1) is 0 Å². The van der Waals surface area contributed by atoms with E-state index >= 15 is 0 Å². The number of hydrogen-bond donors (Lipinski definition) is 1. The molecule has 0 bridgehead atoms. The maximum absolute atomic E-state index is 8.63. The second kappa shape index (κ2) is 9.03. The molecule has 2 aromatic rings. The van der Waals surface area contributed by atoms with Crippen molar-refractivity contribution in [2.75, 3.05) is 0 Å². The molecule has 1 aromatic carbocycles. The van der Waals surface area contributed by atoms with Crippen LogP contribution in [-0.4, -0.2) is 39.6 Å². The third kappa shape index (κ3) is 7.14. The second-order valence-electron chi connectivity index (χ2n) is 2.76. The number of halogens is 3. The topological polar surface area (TPSA) is 33.1 Å².